The van der Waals surface area contributed by atoms with Crippen molar-refractivity contribution in [2.45, 2.75) is 61.6 Å². The summed E-state index contributed by atoms with van der Waals surface area (Å²) < 4.78 is -1.80. The van der Waals surface area contributed by atoms with Gasteiger partial charge in [0.2, 0.25) is 3.79 Å². The predicted octanol–water partition coefficient (Wildman–Crippen LogP) is 2.90. The molecule has 1 aliphatic rings. The van der Waals surface area contributed by atoms with E-state index in [0.717, 1.165) is 0 Å². The van der Waals surface area contributed by atoms with Crippen molar-refractivity contribution in [3.8, 4) is 0 Å². The summed E-state index contributed by atoms with van der Waals surface area (Å²) >= 11 is 17.3. The Morgan fingerprint density at radius 1 is 1.18 bits per heavy atom. The number of Topliss-reactive ketones (excluding diaryl/α,β-unsaturated/α-hetero) is 1. The highest BCUT2D eigenvalue weighted by Crippen LogP contribution is 2.43. The third kappa shape index (κ3) is 3.27. The Kier molecular flexibility index (Phi) is 4.14. The normalized spacial score (nSPS) is 26.9. The largest absolute Gasteiger partial charge is 0.374 e. The number of likely N-dealkylation sites (tertiary alicyclic amines) is 1. The summed E-state index contributed by atoms with van der Waals surface area (Å²) in [6.07, 6.45) is -0.562. The van der Waals surface area contributed by atoms with Gasteiger partial charge < -0.3 is 5.11 Å². The molecular weight excluding hydrogens is 284 g/mol. The van der Waals surface area contributed by atoms with E-state index in [1.54, 1.807) is 4.90 Å². The third-order valence-corrected chi connectivity index (χ3v) is 3.69. The van der Waals surface area contributed by atoms with Crippen LogP contribution in [0.4, 0.5) is 0 Å². The summed E-state index contributed by atoms with van der Waals surface area (Å²) in [6.45, 7) is 7.47. The number of aliphatic hydroxyl groups excluding tert-OH is 1. The average Bonchev–Trinajstić information content (AvgIpc) is 1.94. The third-order valence-electron chi connectivity index (χ3n) is 3.10. The number of halogens is 3. The number of carbonyl (C=O) groups excluding carboxylic acids is 1. The molecule has 0 saturated carbocycles. The molecule has 1 saturated heterocycles. The van der Waals surface area contributed by atoms with Crippen LogP contribution in [0.3, 0.4) is 0 Å². The minimum absolute atomic E-state index is 0.160. The number of carbonyl (C=O) groups is 1. The van der Waals surface area contributed by atoms with Crippen molar-refractivity contribution in [1.29, 1.82) is 0 Å². The van der Waals surface area contributed by atoms with E-state index in [9.17, 15) is 9.90 Å². The molecule has 3 nitrogen and oxygen atoms in total. The Labute approximate surface area is 117 Å². The number of ketones is 1. The molecule has 1 heterocycles. The number of alkyl halides is 3. The summed E-state index contributed by atoms with van der Waals surface area (Å²) in [5.41, 5.74) is -1.08. The lowest BCUT2D eigenvalue weighted by Crippen LogP contribution is -2.67. The van der Waals surface area contributed by atoms with Gasteiger partial charge in [0.1, 0.15) is 5.78 Å². The second-order valence-electron chi connectivity index (χ2n) is 5.80. The molecule has 1 N–H and O–H groups in total. The molecule has 1 rings (SSSR count). The van der Waals surface area contributed by atoms with E-state index in [-0.39, 0.29) is 5.78 Å². The zero-order chi connectivity index (χ0) is 13.6. The van der Waals surface area contributed by atoms with E-state index in [2.05, 4.69) is 0 Å². The van der Waals surface area contributed by atoms with Gasteiger partial charge in [-0.05, 0) is 27.7 Å². The summed E-state index contributed by atoms with van der Waals surface area (Å²) in [5.74, 6) is 0.160. The molecular formula is C11H18Cl3NO2. The van der Waals surface area contributed by atoms with Crippen LogP contribution in [0.25, 0.3) is 0 Å². The maximum absolute atomic E-state index is 11.7. The van der Waals surface area contributed by atoms with Crippen LogP contribution < -0.4 is 0 Å². The number of aliphatic hydroxyl groups is 1. The highest BCUT2D eigenvalue weighted by atomic mass is 35.6. The summed E-state index contributed by atoms with van der Waals surface area (Å²) in [4.78, 5) is 13.4. The second kappa shape index (κ2) is 4.53. The number of hydrogen-bond donors (Lipinski definition) is 1. The van der Waals surface area contributed by atoms with Crippen LogP contribution in [0.2, 0.25) is 0 Å². The van der Waals surface area contributed by atoms with Crippen molar-refractivity contribution >= 4 is 40.6 Å². The lowest BCUT2D eigenvalue weighted by atomic mass is 9.79. The molecule has 0 radical (unpaired) electrons. The Hall–Kier alpha value is 0.460. The standard InChI is InChI=1S/C11H18Cl3NO2/c1-9(2)5-7(16)6-10(3,4)15(9)8(17)11(12,13)14/h8,17H,5-6H2,1-4H3. The van der Waals surface area contributed by atoms with Gasteiger partial charge >= 0.3 is 0 Å². The van der Waals surface area contributed by atoms with Gasteiger partial charge in [-0.3, -0.25) is 9.69 Å². The number of rotatable bonds is 1. The van der Waals surface area contributed by atoms with Crippen LogP contribution in [-0.2, 0) is 4.79 Å². The van der Waals surface area contributed by atoms with Crippen LogP contribution >= 0.6 is 34.8 Å². The van der Waals surface area contributed by atoms with E-state index >= 15 is 0 Å². The lowest BCUT2D eigenvalue weighted by Gasteiger charge is -2.55. The minimum atomic E-state index is -1.80. The molecule has 6 heteroatoms. The van der Waals surface area contributed by atoms with Crippen molar-refractivity contribution in [2.24, 2.45) is 0 Å². The molecule has 0 aliphatic carbocycles. The summed E-state index contributed by atoms with van der Waals surface area (Å²) in [6, 6.07) is 0. The smallest absolute Gasteiger partial charge is 0.229 e. The lowest BCUT2D eigenvalue weighted by molar-refractivity contribution is -0.155. The molecule has 1 unspecified atom stereocenters. The van der Waals surface area contributed by atoms with Crippen molar-refractivity contribution in [2.75, 3.05) is 0 Å². The van der Waals surface area contributed by atoms with Gasteiger partial charge in [0.25, 0.3) is 0 Å². The Morgan fingerprint density at radius 3 is 1.82 bits per heavy atom. The average molecular weight is 303 g/mol. The van der Waals surface area contributed by atoms with Crippen LogP contribution in [-0.4, -0.2) is 36.9 Å². The Bertz CT molecular complexity index is 303. The van der Waals surface area contributed by atoms with Gasteiger partial charge in [-0.2, -0.15) is 0 Å². The van der Waals surface area contributed by atoms with Crippen molar-refractivity contribution in [3.63, 3.8) is 0 Å². The molecule has 1 atom stereocenters. The van der Waals surface area contributed by atoms with E-state index in [1.807, 2.05) is 27.7 Å². The summed E-state index contributed by atoms with van der Waals surface area (Å²) in [5, 5.41) is 10.2. The van der Waals surface area contributed by atoms with Gasteiger partial charge in [0.15, 0.2) is 6.23 Å². The molecule has 0 aromatic carbocycles. The second-order valence-corrected chi connectivity index (χ2v) is 8.17. The van der Waals surface area contributed by atoms with Crippen LogP contribution in [0.15, 0.2) is 0 Å². The van der Waals surface area contributed by atoms with E-state index in [0.29, 0.717) is 12.8 Å². The van der Waals surface area contributed by atoms with Gasteiger partial charge in [-0.25, -0.2) is 0 Å². The van der Waals surface area contributed by atoms with Gasteiger partial charge in [-0.15, -0.1) is 0 Å². The molecule has 0 aromatic rings. The Morgan fingerprint density at radius 2 is 1.53 bits per heavy atom. The molecule has 0 amide bonds. The number of hydrogen-bond acceptors (Lipinski definition) is 3. The first-order valence-electron chi connectivity index (χ1n) is 5.44. The van der Waals surface area contributed by atoms with Crippen LogP contribution in [0.5, 0.6) is 0 Å². The monoisotopic (exact) mass is 301 g/mol. The fraction of sp³-hybridized carbons (Fsp3) is 0.909. The molecule has 0 aromatic heterocycles. The van der Waals surface area contributed by atoms with Gasteiger partial charge in [0, 0.05) is 23.9 Å². The van der Waals surface area contributed by atoms with Crippen molar-refractivity contribution in [1.82, 2.24) is 4.90 Å². The highest BCUT2D eigenvalue weighted by molar-refractivity contribution is 6.68. The Balaban J connectivity index is 3.13. The summed E-state index contributed by atoms with van der Waals surface area (Å²) in [7, 11) is 0. The van der Waals surface area contributed by atoms with E-state index in [4.69, 9.17) is 34.8 Å². The van der Waals surface area contributed by atoms with Gasteiger partial charge in [0.05, 0.1) is 0 Å². The topological polar surface area (TPSA) is 40.5 Å². The van der Waals surface area contributed by atoms with E-state index in [1.165, 1.54) is 0 Å². The fourth-order valence-electron chi connectivity index (χ4n) is 2.83. The molecule has 1 fully saturated rings. The SMILES string of the molecule is CC1(C)CC(=O)CC(C)(C)N1C(O)C(Cl)(Cl)Cl. The first kappa shape index (κ1) is 15.5. The van der Waals surface area contributed by atoms with E-state index < -0.39 is 21.1 Å². The zero-order valence-electron chi connectivity index (χ0n) is 10.4. The highest BCUT2D eigenvalue weighted by Gasteiger charge is 2.52. The molecule has 1 aliphatic heterocycles. The molecule has 0 bridgehead atoms. The molecule has 17 heavy (non-hydrogen) atoms. The minimum Gasteiger partial charge on any atom is -0.374 e. The quantitative estimate of drug-likeness (QED) is 0.757. The zero-order valence-corrected chi connectivity index (χ0v) is 12.7. The molecule has 100 valence electrons. The van der Waals surface area contributed by atoms with Crippen molar-refractivity contribution in [3.05, 3.63) is 0 Å². The van der Waals surface area contributed by atoms with Gasteiger partial charge in [-0.1, -0.05) is 34.8 Å². The maximum Gasteiger partial charge on any atom is 0.229 e. The fourth-order valence-corrected chi connectivity index (χ4v) is 3.12. The molecule has 0 spiro atoms. The number of piperidine rings is 1. The number of nitrogens with zero attached hydrogens (tertiary/aromatic N) is 1. The predicted molar refractivity (Wildman–Crippen MR) is 70.5 cm³/mol. The van der Waals surface area contributed by atoms with Crippen molar-refractivity contribution < 1.29 is 9.90 Å². The van der Waals surface area contributed by atoms with Crippen LogP contribution in [0, 0.1) is 0 Å². The van der Waals surface area contributed by atoms with Crippen LogP contribution in [0.1, 0.15) is 40.5 Å². The maximum atomic E-state index is 11.7. The first-order chi connectivity index (χ1) is 7.38. The first-order valence-corrected chi connectivity index (χ1v) is 6.57.